The van der Waals surface area contributed by atoms with E-state index in [1.807, 2.05) is 30.3 Å². The summed E-state index contributed by atoms with van der Waals surface area (Å²) in [6, 6.07) is 13.2. The molecule has 0 amide bonds. The van der Waals surface area contributed by atoms with Crippen LogP contribution in [0.25, 0.3) is 11.4 Å². The van der Waals surface area contributed by atoms with Gasteiger partial charge in [0.25, 0.3) is 0 Å². The molecule has 3 aromatic rings. The third-order valence-corrected chi connectivity index (χ3v) is 3.89. The van der Waals surface area contributed by atoms with Crippen molar-refractivity contribution in [2.45, 2.75) is 17.8 Å². The van der Waals surface area contributed by atoms with E-state index in [0.29, 0.717) is 23.3 Å². The average Bonchev–Trinajstić information content (AvgIpc) is 3.23. The molecule has 23 heavy (non-hydrogen) atoms. The molecule has 6 nitrogen and oxygen atoms in total. The Bertz CT molecular complexity index is 783. The molecule has 0 bridgehead atoms. The van der Waals surface area contributed by atoms with Crippen molar-refractivity contribution < 1.29 is 13.9 Å². The molecule has 2 heterocycles. The monoisotopic (exact) mass is 329 g/mol. The van der Waals surface area contributed by atoms with E-state index in [1.54, 1.807) is 19.1 Å². The van der Waals surface area contributed by atoms with Gasteiger partial charge in [-0.2, -0.15) is 0 Å². The maximum atomic E-state index is 11.5. The summed E-state index contributed by atoms with van der Waals surface area (Å²) in [7, 11) is 0. The van der Waals surface area contributed by atoms with Gasteiger partial charge in [0, 0.05) is 5.56 Å². The second-order valence-corrected chi connectivity index (χ2v) is 5.58. The third kappa shape index (κ3) is 3.81. The summed E-state index contributed by atoms with van der Waals surface area (Å²) in [6.45, 7) is 2.08. The van der Waals surface area contributed by atoms with Gasteiger partial charge in [0.05, 0.1) is 12.4 Å². The van der Waals surface area contributed by atoms with Crippen LogP contribution in [0.3, 0.4) is 0 Å². The van der Waals surface area contributed by atoms with Gasteiger partial charge in [-0.1, -0.05) is 42.1 Å². The topological polar surface area (TPSA) is 81.0 Å². The molecule has 0 radical (unpaired) electrons. The fourth-order valence-electron chi connectivity index (χ4n) is 1.94. The van der Waals surface area contributed by atoms with Gasteiger partial charge in [0.1, 0.15) is 5.76 Å². The number of aromatic amines is 1. The van der Waals surface area contributed by atoms with Gasteiger partial charge in [-0.05, 0) is 19.1 Å². The van der Waals surface area contributed by atoms with Crippen LogP contribution in [0.4, 0.5) is 0 Å². The number of hydrogen-bond acceptors (Lipinski definition) is 6. The zero-order valence-electron chi connectivity index (χ0n) is 12.5. The molecule has 0 spiro atoms. The van der Waals surface area contributed by atoms with Gasteiger partial charge >= 0.3 is 5.97 Å². The first-order valence-electron chi connectivity index (χ1n) is 7.13. The molecule has 1 aromatic carbocycles. The van der Waals surface area contributed by atoms with Crippen LogP contribution >= 0.6 is 11.8 Å². The van der Waals surface area contributed by atoms with Crippen LogP contribution in [0.5, 0.6) is 0 Å². The van der Waals surface area contributed by atoms with Gasteiger partial charge in [0.2, 0.25) is 5.76 Å². The highest BCUT2D eigenvalue weighted by Gasteiger charge is 2.13. The van der Waals surface area contributed by atoms with Crippen LogP contribution in [0.2, 0.25) is 0 Å². The Morgan fingerprint density at radius 2 is 2.04 bits per heavy atom. The molecule has 0 unspecified atom stereocenters. The Hall–Kier alpha value is -2.54. The van der Waals surface area contributed by atoms with Crippen LogP contribution in [-0.4, -0.2) is 27.8 Å². The Labute approximate surface area is 137 Å². The zero-order valence-corrected chi connectivity index (χ0v) is 13.3. The van der Waals surface area contributed by atoms with Crippen molar-refractivity contribution in [1.82, 2.24) is 15.2 Å². The first kappa shape index (κ1) is 15.4. The number of hydrogen-bond donors (Lipinski definition) is 1. The minimum absolute atomic E-state index is 0.213. The molecule has 3 rings (SSSR count). The van der Waals surface area contributed by atoms with E-state index in [4.69, 9.17) is 9.15 Å². The zero-order chi connectivity index (χ0) is 16.1. The van der Waals surface area contributed by atoms with Crippen molar-refractivity contribution >= 4 is 17.7 Å². The smallest absolute Gasteiger partial charge is 0.374 e. The largest absolute Gasteiger partial charge is 0.460 e. The Morgan fingerprint density at radius 3 is 2.83 bits per heavy atom. The second-order valence-electron chi connectivity index (χ2n) is 4.62. The number of furan rings is 1. The van der Waals surface area contributed by atoms with Crippen LogP contribution < -0.4 is 0 Å². The molecule has 0 saturated carbocycles. The predicted molar refractivity (Wildman–Crippen MR) is 86.0 cm³/mol. The lowest BCUT2D eigenvalue weighted by Gasteiger charge is -1.97. The lowest BCUT2D eigenvalue weighted by atomic mass is 10.2. The number of nitrogens with one attached hydrogen (secondary N) is 1. The lowest BCUT2D eigenvalue weighted by Crippen LogP contribution is -2.02. The Balaban J connectivity index is 1.61. The summed E-state index contributed by atoms with van der Waals surface area (Å²) < 4.78 is 10.3. The molecule has 7 heteroatoms. The number of rotatable bonds is 6. The summed E-state index contributed by atoms with van der Waals surface area (Å²) in [4.78, 5) is 14.7. The molecule has 1 N–H and O–H groups in total. The number of nitrogens with zero attached hydrogens (tertiary/aromatic N) is 2. The fraction of sp³-hybridized carbons (Fsp3) is 0.188. The van der Waals surface area contributed by atoms with Crippen LogP contribution in [0.15, 0.2) is 52.0 Å². The predicted octanol–water partition coefficient (Wildman–Crippen LogP) is 3.53. The van der Waals surface area contributed by atoms with Crippen molar-refractivity contribution in [3.05, 3.63) is 54.0 Å². The maximum absolute atomic E-state index is 11.5. The normalized spacial score (nSPS) is 10.7. The first-order valence-corrected chi connectivity index (χ1v) is 8.11. The number of carbonyl (C=O) groups is 1. The summed E-state index contributed by atoms with van der Waals surface area (Å²) in [6.07, 6.45) is 0. The van der Waals surface area contributed by atoms with Crippen LogP contribution in [-0.2, 0) is 10.5 Å². The van der Waals surface area contributed by atoms with E-state index in [9.17, 15) is 4.79 Å². The first-order chi connectivity index (χ1) is 11.3. The second kappa shape index (κ2) is 7.15. The summed E-state index contributed by atoms with van der Waals surface area (Å²) in [5.74, 6) is 1.71. The van der Waals surface area contributed by atoms with E-state index in [-0.39, 0.29) is 5.76 Å². The highest BCUT2D eigenvalue weighted by molar-refractivity contribution is 7.98. The van der Waals surface area contributed by atoms with E-state index in [0.717, 1.165) is 11.4 Å². The van der Waals surface area contributed by atoms with Gasteiger partial charge in [-0.15, -0.1) is 10.2 Å². The summed E-state index contributed by atoms with van der Waals surface area (Å²) in [5, 5.41) is 8.92. The van der Waals surface area contributed by atoms with Crippen LogP contribution in [0.1, 0.15) is 23.2 Å². The highest BCUT2D eigenvalue weighted by Crippen LogP contribution is 2.23. The minimum Gasteiger partial charge on any atom is -0.460 e. The van der Waals surface area contributed by atoms with Crippen molar-refractivity contribution in [2.75, 3.05) is 6.61 Å². The van der Waals surface area contributed by atoms with Crippen molar-refractivity contribution in [3.8, 4) is 11.4 Å². The summed E-state index contributed by atoms with van der Waals surface area (Å²) in [5.41, 5.74) is 0.981. The molecule has 0 aliphatic heterocycles. The van der Waals surface area contributed by atoms with E-state index in [1.165, 1.54) is 11.8 Å². The third-order valence-electron chi connectivity index (χ3n) is 3.00. The molecule has 0 atom stereocenters. The van der Waals surface area contributed by atoms with Gasteiger partial charge in [-0.3, -0.25) is 0 Å². The number of ether oxygens (including phenoxy) is 1. The van der Waals surface area contributed by atoms with Crippen molar-refractivity contribution in [1.29, 1.82) is 0 Å². The van der Waals surface area contributed by atoms with Gasteiger partial charge in [0.15, 0.2) is 11.0 Å². The lowest BCUT2D eigenvalue weighted by molar-refractivity contribution is 0.0488. The molecule has 0 aliphatic carbocycles. The number of carbonyl (C=O) groups excluding carboxylic acids is 1. The quantitative estimate of drug-likeness (QED) is 0.550. The molecule has 0 aliphatic rings. The number of thioether (sulfide) groups is 1. The molecule has 0 saturated heterocycles. The minimum atomic E-state index is -0.449. The van der Waals surface area contributed by atoms with Crippen molar-refractivity contribution in [2.24, 2.45) is 0 Å². The van der Waals surface area contributed by atoms with E-state index in [2.05, 4.69) is 15.2 Å². The number of benzene rings is 1. The van der Waals surface area contributed by atoms with Crippen LogP contribution in [0, 0.1) is 0 Å². The number of aromatic nitrogens is 3. The van der Waals surface area contributed by atoms with Gasteiger partial charge in [-0.25, -0.2) is 4.79 Å². The number of esters is 1. The average molecular weight is 329 g/mol. The van der Waals surface area contributed by atoms with E-state index >= 15 is 0 Å². The Morgan fingerprint density at radius 1 is 1.22 bits per heavy atom. The fourth-order valence-corrected chi connectivity index (χ4v) is 2.65. The standard InChI is InChI=1S/C16H15N3O3S/c1-2-21-15(20)13-9-8-12(22-13)10-23-16-17-14(18-19-16)11-6-4-3-5-7-11/h3-9H,2,10H2,1H3,(H,17,18,19). The summed E-state index contributed by atoms with van der Waals surface area (Å²) >= 11 is 1.45. The van der Waals surface area contributed by atoms with Crippen molar-refractivity contribution in [3.63, 3.8) is 0 Å². The molecular formula is C16H15N3O3S. The molecule has 0 fully saturated rings. The highest BCUT2D eigenvalue weighted by atomic mass is 32.2. The Kier molecular flexibility index (Phi) is 4.77. The van der Waals surface area contributed by atoms with E-state index < -0.39 is 5.97 Å². The molecule has 2 aromatic heterocycles. The number of H-pyrrole nitrogens is 1. The maximum Gasteiger partial charge on any atom is 0.374 e. The molecule has 118 valence electrons. The SMILES string of the molecule is CCOC(=O)c1ccc(CSc2nnc(-c3ccccc3)[nH]2)o1. The molecular weight excluding hydrogens is 314 g/mol. The van der Waals surface area contributed by atoms with Gasteiger partial charge < -0.3 is 14.1 Å².